The zero-order valence-corrected chi connectivity index (χ0v) is 10.1. The van der Waals surface area contributed by atoms with Crippen molar-refractivity contribution in [3.05, 3.63) is 0 Å². The van der Waals surface area contributed by atoms with Gasteiger partial charge in [-0.1, -0.05) is 27.2 Å². The smallest absolute Gasteiger partial charge is 0.226 e. The summed E-state index contributed by atoms with van der Waals surface area (Å²) in [7, 11) is 0. The Morgan fingerprint density at radius 2 is 2.20 bits per heavy atom. The van der Waals surface area contributed by atoms with Crippen LogP contribution in [0.4, 0.5) is 0 Å². The van der Waals surface area contributed by atoms with Crippen LogP contribution in [0.25, 0.3) is 0 Å². The van der Waals surface area contributed by atoms with Crippen LogP contribution in [0.3, 0.4) is 0 Å². The van der Waals surface area contributed by atoms with Crippen LogP contribution in [-0.2, 0) is 4.79 Å². The van der Waals surface area contributed by atoms with Crippen LogP contribution < -0.4 is 0 Å². The zero-order chi connectivity index (χ0) is 11.4. The van der Waals surface area contributed by atoms with Gasteiger partial charge < -0.3 is 10.0 Å². The van der Waals surface area contributed by atoms with E-state index in [4.69, 9.17) is 0 Å². The highest BCUT2D eigenvalue weighted by molar-refractivity contribution is 5.79. The summed E-state index contributed by atoms with van der Waals surface area (Å²) in [6.07, 6.45) is 2.44. The van der Waals surface area contributed by atoms with E-state index < -0.39 is 0 Å². The van der Waals surface area contributed by atoms with E-state index >= 15 is 0 Å². The molecule has 0 radical (unpaired) electrons. The molecule has 0 aliphatic carbocycles. The Balaban J connectivity index is 2.55. The standard InChI is InChI=1S/C12H23NO2/c1-4-5-11(9(2)3)12(15)13-7-6-10(14)8-13/h9-11,14H,4-8H2,1-3H3/t10-,11?/m1/s1. The molecule has 3 nitrogen and oxygen atoms in total. The number of rotatable bonds is 4. The molecule has 1 aliphatic heterocycles. The Labute approximate surface area is 92.5 Å². The van der Waals surface area contributed by atoms with E-state index in [9.17, 15) is 9.90 Å². The summed E-state index contributed by atoms with van der Waals surface area (Å²) in [6.45, 7) is 7.58. The molecule has 0 aromatic rings. The van der Waals surface area contributed by atoms with Gasteiger partial charge in [-0.15, -0.1) is 0 Å². The van der Waals surface area contributed by atoms with E-state index in [-0.39, 0.29) is 17.9 Å². The molecule has 0 aromatic carbocycles. The van der Waals surface area contributed by atoms with E-state index in [0.717, 1.165) is 25.8 Å². The van der Waals surface area contributed by atoms with Crippen LogP contribution in [0.1, 0.15) is 40.0 Å². The highest BCUT2D eigenvalue weighted by Crippen LogP contribution is 2.22. The maximum absolute atomic E-state index is 12.1. The molecule has 0 aromatic heterocycles. The fraction of sp³-hybridized carbons (Fsp3) is 0.917. The van der Waals surface area contributed by atoms with Crippen molar-refractivity contribution in [2.24, 2.45) is 11.8 Å². The summed E-state index contributed by atoms with van der Waals surface area (Å²) in [4.78, 5) is 14.0. The second-order valence-electron chi connectivity index (χ2n) is 4.87. The average molecular weight is 213 g/mol. The fourth-order valence-electron chi connectivity index (χ4n) is 2.23. The van der Waals surface area contributed by atoms with Crippen molar-refractivity contribution < 1.29 is 9.90 Å². The number of aliphatic hydroxyl groups excluding tert-OH is 1. The monoisotopic (exact) mass is 213 g/mol. The first-order valence-electron chi connectivity index (χ1n) is 6.03. The third kappa shape index (κ3) is 3.20. The largest absolute Gasteiger partial charge is 0.391 e. The van der Waals surface area contributed by atoms with Crippen LogP contribution >= 0.6 is 0 Å². The number of amides is 1. The number of carbonyl (C=O) groups excluding carboxylic acids is 1. The second kappa shape index (κ2) is 5.50. The second-order valence-corrected chi connectivity index (χ2v) is 4.87. The third-order valence-corrected chi connectivity index (χ3v) is 3.20. The van der Waals surface area contributed by atoms with Gasteiger partial charge in [0.2, 0.25) is 5.91 Å². The van der Waals surface area contributed by atoms with Crippen LogP contribution in [0, 0.1) is 11.8 Å². The van der Waals surface area contributed by atoms with Gasteiger partial charge in [-0.25, -0.2) is 0 Å². The molecule has 0 spiro atoms. The lowest BCUT2D eigenvalue weighted by atomic mass is 9.90. The summed E-state index contributed by atoms with van der Waals surface area (Å²) >= 11 is 0. The summed E-state index contributed by atoms with van der Waals surface area (Å²) in [5.74, 6) is 0.777. The van der Waals surface area contributed by atoms with Crippen molar-refractivity contribution in [2.75, 3.05) is 13.1 Å². The number of hydrogen-bond acceptors (Lipinski definition) is 2. The number of aliphatic hydroxyl groups is 1. The van der Waals surface area contributed by atoms with Crippen molar-refractivity contribution in [2.45, 2.75) is 46.1 Å². The maximum atomic E-state index is 12.1. The van der Waals surface area contributed by atoms with Crippen molar-refractivity contribution in [3.8, 4) is 0 Å². The Hall–Kier alpha value is -0.570. The van der Waals surface area contributed by atoms with Gasteiger partial charge in [-0.2, -0.15) is 0 Å². The van der Waals surface area contributed by atoms with Gasteiger partial charge in [-0.05, 0) is 18.8 Å². The first-order chi connectivity index (χ1) is 7.06. The summed E-state index contributed by atoms with van der Waals surface area (Å²) in [5.41, 5.74) is 0. The van der Waals surface area contributed by atoms with Gasteiger partial charge in [0.15, 0.2) is 0 Å². The Morgan fingerprint density at radius 1 is 1.53 bits per heavy atom. The van der Waals surface area contributed by atoms with Gasteiger partial charge in [0.25, 0.3) is 0 Å². The van der Waals surface area contributed by atoms with Crippen molar-refractivity contribution in [1.29, 1.82) is 0 Å². The number of hydrogen-bond donors (Lipinski definition) is 1. The summed E-state index contributed by atoms with van der Waals surface area (Å²) < 4.78 is 0. The molecule has 1 unspecified atom stereocenters. The van der Waals surface area contributed by atoms with E-state index in [0.29, 0.717) is 12.5 Å². The minimum Gasteiger partial charge on any atom is -0.391 e. The van der Waals surface area contributed by atoms with E-state index in [1.54, 1.807) is 0 Å². The molecule has 2 atom stereocenters. The molecule has 1 saturated heterocycles. The first-order valence-corrected chi connectivity index (χ1v) is 6.03. The molecule has 3 heteroatoms. The fourth-order valence-corrected chi connectivity index (χ4v) is 2.23. The molecular weight excluding hydrogens is 190 g/mol. The molecule has 0 bridgehead atoms. The molecular formula is C12H23NO2. The molecule has 1 N–H and O–H groups in total. The Bertz CT molecular complexity index is 216. The van der Waals surface area contributed by atoms with E-state index in [1.807, 2.05) is 4.90 Å². The lowest BCUT2D eigenvalue weighted by Crippen LogP contribution is -2.37. The SMILES string of the molecule is CCCC(C(=O)N1CC[C@@H](O)C1)C(C)C. The van der Waals surface area contributed by atoms with Crippen LogP contribution in [0.2, 0.25) is 0 Å². The first kappa shape index (κ1) is 12.5. The van der Waals surface area contributed by atoms with Crippen molar-refractivity contribution >= 4 is 5.91 Å². The maximum Gasteiger partial charge on any atom is 0.226 e. The Kier molecular flexibility index (Phi) is 4.58. The Morgan fingerprint density at radius 3 is 2.60 bits per heavy atom. The van der Waals surface area contributed by atoms with Gasteiger partial charge >= 0.3 is 0 Å². The number of carbonyl (C=O) groups is 1. The highest BCUT2D eigenvalue weighted by Gasteiger charge is 2.30. The molecule has 0 saturated carbocycles. The van der Waals surface area contributed by atoms with E-state index in [1.165, 1.54) is 0 Å². The van der Waals surface area contributed by atoms with Crippen LogP contribution in [0.15, 0.2) is 0 Å². The zero-order valence-electron chi connectivity index (χ0n) is 10.1. The predicted octanol–water partition coefficient (Wildman–Crippen LogP) is 1.65. The highest BCUT2D eigenvalue weighted by atomic mass is 16.3. The minimum absolute atomic E-state index is 0.139. The van der Waals surface area contributed by atoms with Crippen molar-refractivity contribution in [3.63, 3.8) is 0 Å². The summed E-state index contributed by atoms with van der Waals surface area (Å²) in [5, 5.41) is 9.40. The van der Waals surface area contributed by atoms with Gasteiger partial charge in [0.05, 0.1) is 6.10 Å². The van der Waals surface area contributed by atoms with Gasteiger partial charge in [0.1, 0.15) is 0 Å². The predicted molar refractivity (Wildman–Crippen MR) is 60.4 cm³/mol. The number of likely N-dealkylation sites (tertiary alicyclic amines) is 1. The topological polar surface area (TPSA) is 40.5 Å². The van der Waals surface area contributed by atoms with Crippen LogP contribution in [-0.4, -0.2) is 35.1 Å². The number of nitrogens with zero attached hydrogens (tertiary/aromatic N) is 1. The van der Waals surface area contributed by atoms with Crippen molar-refractivity contribution in [1.82, 2.24) is 4.90 Å². The third-order valence-electron chi connectivity index (χ3n) is 3.20. The average Bonchev–Trinajstić information content (AvgIpc) is 2.59. The molecule has 1 rings (SSSR count). The van der Waals surface area contributed by atoms with Gasteiger partial charge in [0, 0.05) is 19.0 Å². The molecule has 88 valence electrons. The van der Waals surface area contributed by atoms with Gasteiger partial charge in [-0.3, -0.25) is 4.79 Å². The summed E-state index contributed by atoms with van der Waals surface area (Å²) in [6, 6.07) is 0. The normalized spacial score (nSPS) is 23.5. The minimum atomic E-state index is -0.302. The molecule has 1 aliphatic rings. The quantitative estimate of drug-likeness (QED) is 0.771. The molecule has 1 fully saturated rings. The molecule has 15 heavy (non-hydrogen) atoms. The molecule has 1 heterocycles. The number of β-amino-alcohol motifs (C(OH)–C–C–N with tert-alkyl or cyclic N) is 1. The van der Waals surface area contributed by atoms with E-state index in [2.05, 4.69) is 20.8 Å². The molecule has 1 amide bonds. The lowest BCUT2D eigenvalue weighted by molar-refractivity contribution is -0.136. The van der Waals surface area contributed by atoms with Crippen LogP contribution in [0.5, 0.6) is 0 Å². The lowest BCUT2D eigenvalue weighted by Gasteiger charge is -2.25.